The van der Waals surface area contributed by atoms with Crippen molar-refractivity contribution >= 4 is 12.2 Å². The summed E-state index contributed by atoms with van der Waals surface area (Å²) in [5.41, 5.74) is 21.8. The van der Waals surface area contributed by atoms with Crippen molar-refractivity contribution in [2.24, 2.45) is 0 Å². The van der Waals surface area contributed by atoms with Gasteiger partial charge in [0.2, 0.25) is 0 Å². The van der Waals surface area contributed by atoms with Gasteiger partial charge in [0.1, 0.15) is 0 Å². The number of hydrogen-bond donors (Lipinski definition) is 0. The van der Waals surface area contributed by atoms with Crippen LogP contribution in [0.5, 0.6) is 0 Å². The first-order valence-electron chi connectivity index (χ1n) is 22.7. The van der Waals surface area contributed by atoms with E-state index in [4.69, 9.17) is 0 Å². The second-order valence-electron chi connectivity index (χ2n) is 22.5. The average molecular weight is 866 g/mol. The molecule has 59 heavy (non-hydrogen) atoms. The number of hydrogen-bond acceptors (Lipinski definition) is 0. The third-order valence-electron chi connectivity index (χ3n) is 13.9. The van der Waals surface area contributed by atoms with E-state index in [0.717, 1.165) is 0 Å². The summed E-state index contributed by atoms with van der Waals surface area (Å²) in [5.74, 6) is 0. The molecule has 0 aromatic heterocycles. The van der Waals surface area contributed by atoms with Gasteiger partial charge in [0.05, 0.1) is 0 Å². The van der Waals surface area contributed by atoms with E-state index >= 15 is 0 Å². The van der Waals surface area contributed by atoms with Gasteiger partial charge in [0, 0.05) is 0 Å². The van der Waals surface area contributed by atoms with E-state index in [9.17, 15) is 0 Å². The van der Waals surface area contributed by atoms with Crippen LogP contribution in [0.3, 0.4) is 0 Å². The maximum atomic E-state index is 2.73. The standard InChI is InChI=1S/2C27H35.C2H4.2ClH.Ti/c2*1-8-9-11-19-14-20-12-10-13-24(25(20)15-19)21-16-22(26(2,3)4)18-23(17-21)27(5,6)7;1-2;;;/h2*10,12-18H,8-9,11H2,1-7H3;1-2H2;2*1H;/q;;;;;+2/p-2. The Kier molecular flexibility index (Phi) is 14.1. The van der Waals surface area contributed by atoms with Crippen LogP contribution in [0.1, 0.15) is 188 Å². The van der Waals surface area contributed by atoms with E-state index in [1.54, 1.807) is 22.3 Å². The molecule has 316 valence electrons. The summed E-state index contributed by atoms with van der Waals surface area (Å²) in [6, 6.07) is 29.9. The molecule has 0 bridgehead atoms. The minimum absolute atomic E-state index is 0. The maximum absolute atomic E-state index is 2.73. The van der Waals surface area contributed by atoms with Crippen molar-refractivity contribution in [1.29, 1.82) is 0 Å². The summed E-state index contributed by atoms with van der Waals surface area (Å²) in [5, 5.41) is 0. The quantitative estimate of drug-likeness (QED) is 0.139. The van der Waals surface area contributed by atoms with Gasteiger partial charge in [-0.25, -0.2) is 0 Å². The summed E-state index contributed by atoms with van der Waals surface area (Å²) in [6.07, 6.45) is 13.0. The van der Waals surface area contributed by atoms with Gasteiger partial charge in [-0.1, -0.05) is 0 Å². The monoisotopic (exact) mass is 864 g/mol. The Morgan fingerprint density at radius 1 is 0.475 bits per heavy atom. The van der Waals surface area contributed by atoms with E-state index in [2.05, 4.69) is 182 Å². The molecule has 0 spiro atoms. The zero-order valence-electron chi connectivity index (χ0n) is 39.2. The molecule has 4 aromatic rings. The molecule has 0 amide bonds. The van der Waals surface area contributed by atoms with E-state index in [0.29, 0.717) is 8.45 Å². The van der Waals surface area contributed by atoms with Crippen LogP contribution in [0.4, 0.5) is 0 Å². The first-order valence-corrected chi connectivity index (χ1v) is 26.7. The van der Waals surface area contributed by atoms with Crippen LogP contribution in [-0.2, 0) is 38.2 Å². The second kappa shape index (κ2) is 17.4. The number of fused-ring (bicyclic) bond motifs is 2. The Bertz CT molecular complexity index is 2000. The average Bonchev–Trinajstić information content (AvgIpc) is 3.68. The predicted molar refractivity (Wildman–Crippen MR) is 249 cm³/mol. The number of benzene rings is 4. The van der Waals surface area contributed by atoms with Crippen LogP contribution in [0.25, 0.3) is 34.4 Å². The first kappa shape index (κ1) is 47.7. The second-order valence-corrected chi connectivity index (χ2v) is 29.7. The maximum Gasteiger partial charge on any atom is -1.00 e. The van der Waals surface area contributed by atoms with Gasteiger partial charge >= 0.3 is 354 Å². The van der Waals surface area contributed by atoms with Crippen molar-refractivity contribution in [3.05, 3.63) is 128 Å². The van der Waals surface area contributed by atoms with Crippen molar-refractivity contribution in [2.45, 2.75) is 175 Å². The first-order chi connectivity index (χ1) is 26.7. The molecule has 3 heteroatoms. The van der Waals surface area contributed by atoms with Gasteiger partial charge in [0.15, 0.2) is 0 Å². The number of unbranched alkanes of at least 4 members (excludes halogenated alkanes) is 2. The third-order valence-corrected chi connectivity index (χ3v) is 22.2. The molecule has 1 aliphatic heterocycles. The molecule has 2 unspecified atom stereocenters. The van der Waals surface area contributed by atoms with Crippen molar-refractivity contribution in [3.63, 3.8) is 0 Å². The van der Waals surface area contributed by atoms with Gasteiger partial charge in [-0.2, -0.15) is 0 Å². The molecule has 7 rings (SSSR count). The Morgan fingerprint density at radius 3 is 1.07 bits per heavy atom. The SMILES string of the molecule is CCCCC1=Cc2c(-c3cc(C(C)(C)C)cc(C(C)(C)C)c3)cccc2[CH]1[Ti+2]1([CH]2C(CCCC)=Cc3c(-c4cc(C(C)(C)C)cc(C(C)(C)C)c4)cccc32)[CH2][CH2]1.[Cl-].[Cl-]. The van der Waals surface area contributed by atoms with Crippen LogP contribution in [0.15, 0.2) is 83.9 Å². The van der Waals surface area contributed by atoms with Crippen LogP contribution in [0, 0.1) is 0 Å². The molecule has 1 heterocycles. The van der Waals surface area contributed by atoms with Crippen molar-refractivity contribution < 1.29 is 41.4 Å². The van der Waals surface area contributed by atoms with Crippen LogP contribution < -0.4 is 24.8 Å². The molecule has 4 aromatic carbocycles. The molecule has 1 saturated heterocycles. The fourth-order valence-electron chi connectivity index (χ4n) is 10.2. The van der Waals surface area contributed by atoms with Crippen molar-refractivity contribution in [1.82, 2.24) is 0 Å². The fraction of sp³-hybridized carbons (Fsp3) is 0.500. The number of rotatable bonds is 10. The summed E-state index contributed by atoms with van der Waals surface area (Å²) in [7, 11) is 0. The van der Waals surface area contributed by atoms with Gasteiger partial charge in [0.25, 0.3) is 0 Å². The van der Waals surface area contributed by atoms with Crippen LogP contribution in [-0.4, -0.2) is 0 Å². The molecule has 0 radical (unpaired) electrons. The number of halogens is 2. The van der Waals surface area contributed by atoms with Gasteiger partial charge < -0.3 is 24.8 Å². The minimum atomic E-state index is -2.59. The Hall–Kier alpha value is -2.35. The van der Waals surface area contributed by atoms with E-state index in [-0.39, 0.29) is 46.5 Å². The smallest absolute Gasteiger partial charge is 1.00 e. The van der Waals surface area contributed by atoms with E-state index in [1.165, 1.54) is 104 Å². The molecule has 2 aliphatic carbocycles. The molecular weight excluding hydrogens is 791 g/mol. The van der Waals surface area contributed by atoms with Crippen LogP contribution in [0.2, 0.25) is 9.45 Å². The molecule has 0 N–H and O–H groups in total. The van der Waals surface area contributed by atoms with Crippen molar-refractivity contribution in [3.8, 4) is 22.3 Å². The molecule has 3 aliphatic rings. The van der Waals surface area contributed by atoms with E-state index < -0.39 is 16.6 Å². The van der Waals surface area contributed by atoms with Gasteiger partial charge in [-0.05, 0) is 0 Å². The van der Waals surface area contributed by atoms with Gasteiger partial charge in [-0.15, -0.1) is 0 Å². The zero-order valence-corrected chi connectivity index (χ0v) is 42.2. The Balaban J connectivity index is 0.00000331. The largest absolute Gasteiger partial charge is 1.00 e. The summed E-state index contributed by atoms with van der Waals surface area (Å²) in [4.78, 5) is 0. The fourth-order valence-corrected chi connectivity index (χ4v) is 20.5. The minimum Gasteiger partial charge on any atom is -1.00 e. The molecular formula is C56H74Cl2Ti. The Labute approximate surface area is 376 Å². The molecule has 1 fully saturated rings. The predicted octanol–water partition coefficient (Wildman–Crippen LogP) is 11.2. The summed E-state index contributed by atoms with van der Waals surface area (Å²) < 4.78 is 4.25. The molecule has 0 nitrogen and oxygen atoms in total. The van der Waals surface area contributed by atoms with E-state index in [1.807, 2.05) is 0 Å². The molecule has 2 atom stereocenters. The zero-order chi connectivity index (χ0) is 41.3. The van der Waals surface area contributed by atoms with Crippen LogP contribution >= 0.6 is 0 Å². The number of allylic oxidation sites excluding steroid dienone is 2. The normalized spacial score (nSPS) is 17.8. The summed E-state index contributed by atoms with van der Waals surface area (Å²) >= 11 is -2.59. The molecule has 0 saturated carbocycles. The summed E-state index contributed by atoms with van der Waals surface area (Å²) in [6.45, 7) is 33.2. The van der Waals surface area contributed by atoms with Crippen molar-refractivity contribution in [2.75, 3.05) is 0 Å². The topological polar surface area (TPSA) is 0 Å². The Morgan fingerprint density at radius 2 is 0.797 bits per heavy atom. The van der Waals surface area contributed by atoms with Gasteiger partial charge in [-0.3, -0.25) is 0 Å². The third kappa shape index (κ3) is 9.39.